The summed E-state index contributed by atoms with van der Waals surface area (Å²) >= 11 is 1.39. The lowest BCUT2D eigenvalue weighted by atomic mass is 9.95. The van der Waals surface area contributed by atoms with Crippen molar-refractivity contribution in [2.75, 3.05) is 20.0 Å². The van der Waals surface area contributed by atoms with Gasteiger partial charge >= 0.3 is 0 Å². The van der Waals surface area contributed by atoms with Crippen LogP contribution in [0, 0.1) is 6.92 Å². The number of hydrazone groups is 1. The fourth-order valence-electron chi connectivity index (χ4n) is 4.22. The minimum atomic E-state index is -0.207. The van der Waals surface area contributed by atoms with Gasteiger partial charge in [0.25, 0.3) is 5.91 Å². The lowest BCUT2D eigenvalue weighted by Gasteiger charge is -2.25. The molecule has 9 heteroatoms. The maximum absolute atomic E-state index is 12.5. The van der Waals surface area contributed by atoms with Crippen LogP contribution in [0.2, 0.25) is 0 Å². The number of hydrogen-bond acceptors (Lipinski definition) is 7. The summed E-state index contributed by atoms with van der Waals surface area (Å²) in [6, 6.07) is 14.1. The van der Waals surface area contributed by atoms with Crippen molar-refractivity contribution in [3.8, 4) is 22.9 Å². The summed E-state index contributed by atoms with van der Waals surface area (Å²) in [6.45, 7) is 2.07. The third kappa shape index (κ3) is 6.22. The number of aryl methyl sites for hydroxylation is 1. The van der Waals surface area contributed by atoms with Crippen LogP contribution < -0.4 is 14.9 Å². The molecule has 184 valence electrons. The van der Waals surface area contributed by atoms with Crippen molar-refractivity contribution in [1.29, 1.82) is 0 Å². The van der Waals surface area contributed by atoms with Gasteiger partial charge in [0.2, 0.25) is 0 Å². The van der Waals surface area contributed by atoms with Gasteiger partial charge in [-0.2, -0.15) is 5.10 Å². The number of hydrogen-bond donors (Lipinski definition) is 1. The minimum absolute atomic E-state index is 0.196. The van der Waals surface area contributed by atoms with Crippen molar-refractivity contribution in [2.45, 2.75) is 50.2 Å². The summed E-state index contributed by atoms with van der Waals surface area (Å²) in [4.78, 5) is 12.5. The van der Waals surface area contributed by atoms with Gasteiger partial charge in [-0.1, -0.05) is 60.9 Å². The highest BCUT2D eigenvalue weighted by molar-refractivity contribution is 7.99. The van der Waals surface area contributed by atoms with Crippen LogP contribution in [-0.4, -0.2) is 46.9 Å². The van der Waals surface area contributed by atoms with E-state index in [1.54, 1.807) is 32.6 Å². The van der Waals surface area contributed by atoms with E-state index in [4.69, 9.17) is 9.47 Å². The van der Waals surface area contributed by atoms with E-state index in [9.17, 15) is 4.79 Å². The standard InChI is InChI=1S/C26H31N5O3S/c1-18-9-12-20(13-10-18)25-29-30-26(31(25)21-7-5-4-6-8-21)35-17-24(32)28-27-16-19-11-14-22(33-2)23(15-19)34-3/h9-16,21H,4-8,17H2,1-3H3,(H,28,32)/b27-16+. The van der Waals surface area contributed by atoms with Crippen molar-refractivity contribution in [3.05, 3.63) is 53.6 Å². The van der Waals surface area contributed by atoms with E-state index in [1.165, 1.54) is 36.6 Å². The second-order valence-electron chi connectivity index (χ2n) is 8.53. The molecule has 2 aromatic carbocycles. The zero-order valence-corrected chi connectivity index (χ0v) is 21.2. The second kappa shape index (κ2) is 11.9. The number of nitrogens with zero attached hydrogens (tertiary/aromatic N) is 4. The van der Waals surface area contributed by atoms with Gasteiger partial charge in [0, 0.05) is 11.6 Å². The molecule has 0 radical (unpaired) electrons. The molecule has 1 aliphatic rings. The summed E-state index contributed by atoms with van der Waals surface area (Å²) in [7, 11) is 3.16. The molecule has 1 heterocycles. The molecule has 3 aromatic rings. The molecule has 4 rings (SSSR count). The molecule has 1 aromatic heterocycles. The largest absolute Gasteiger partial charge is 0.493 e. The molecular formula is C26H31N5O3S. The first-order valence-electron chi connectivity index (χ1n) is 11.8. The number of methoxy groups -OCH3 is 2. The molecule has 0 unspecified atom stereocenters. The van der Waals surface area contributed by atoms with Crippen molar-refractivity contribution < 1.29 is 14.3 Å². The smallest absolute Gasteiger partial charge is 0.250 e. The van der Waals surface area contributed by atoms with E-state index in [0.29, 0.717) is 17.5 Å². The zero-order chi connectivity index (χ0) is 24.6. The van der Waals surface area contributed by atoms with Crippen molar-refractivity contribution in [1.82, 2.24) is 20.2 Å². The average Bonchev–Trinajstić information content (AvgIpc) is 3.32. The number of benzene rings is 2. The van der Waals surface area contributed by atoms with E-state index in [0.717, 1.165) is 34.9 Å². The Morgan fingerprint density at radius 2 is 1.83 bits per heavy atom. The predicted octanol–water partition coefficient (Wildman–Crippen LogP) is 5.02. The highest BCUT2D eigenvalue weighted by Gasteiger charge is 2.24. The SMILES string of the molecule is COc1ccc(/C=N/NC(=O)CSc2nnc(-c3ccc(C)cc3)n2C2CCCCC2)cc1OC. The van der Waals surface area contributed by atoms with Gasteiger partial charge in [0.15, 0.2) is 22.5 Å². The Balaban J connectivity index is 1.43. The number of carbonyl (C=O) groups is 1. The van der Waals surface area contributed by atoms with E-state index in [2.05, 4.69) is 56.5 Å². The van der Waals surface area contributed by atoms with Crippen molar-refractivity contribution in [3.63, 3.8) is 0 Å². The summed E-state index contributed by atoms with van der Waals surface area (Å²) < 4.78 is 12.8. The summed E-state index contributed by atoms with van der Waals surface area (Å²) in [6.07, 6.45) is 7.45. The third-order valence-electron chi connectivity index (χ3n) is 6.06. The molecule has 1 amide bonds. The molecule has 8 nitrogen and oxygen atoms in total. The van der Waals surface area contributed by atoms with E-state index < -0.39 is 0 Å². The molecule has 0 atom stereocenters. The second-order valence-corrected chi connectivity index (χ2v) is 9.47. The Labute approximate surface area is 210 Å². The van der Waals surface area contributed by atoms with Crippen LogP contribution in [0.4, 0.5) is 0 Å². The lowest BCUT2D eigenvalue weighted by molar-refractivity contribution is -0.118. The Morgan fingerprint density at radius 3 is 2.54 bits per heavy atom. The normalized spacial score (nSPS) is 14.3. The Morgan fingerprint density at radius 1 is 1.09 bits per heavy atom. The molecule has 0 aliphatic heterocycles. The van der Waals surface area contributed by atoms with E-state index >= 15 is 0 Å². The number of aromatic nitrogens is 3. The molecule has 1 N–H and O–H groups in total. The summed E-state index contributed by atoms with van der Waals surface area (Å²) in [5.74, 6) is 2.09. The molecule has 1 saturated carbocycles. The van der Waals surface area contributed by atoms with Gasteiger partial charge < -0.3 is 9.47 Å². The number of ether oxygens (including phenoxy) is 2. The first-order chi connectivity index (χ1) is 17.1. The van der Waals surface area contributed by atoms with Crippen LogP contribution in [0.15, 0.2) is 52.7 Å². The van der Waals surface area contributed by atoms with Crippen molar-refractivity contribution >= 4 is 23.9 Å². The average molecular weight is 494 g/mol. The number of nitrogens with one attached hydrogen (secondary N) is 1. The molecule has 1 fully saturated rings. The highest BCUT2D eigenvalue weighted by Crippen LogP contribution is 2.35. The Hall–Kier alpha value is -3.33. The topological polar surface area (TPSA) is 90.6 Å². The fraction of sp³-hybridized carbons (Fsp3) is 0.385. The van der Waals surface area contributed by atoms with E-state index in [1.807, 2.05) is 6.07 Å². The van der Waals surface area contributed by atoms with Crippen LogP contribution in [0.3, 0.4) is 0 Å². The lowest BCUT2D eigenvalue weighted by Crippen LogP contribution is -2.20. The number of carbonyl (C=O) groups excluding carboxylic acids is 1. The number of thioether (sulfide) groups is 1. The van der Waals surface area contributed by atoms with Gasteiger partial charge in [-0.25, -0.2) is 5.43 Å². The summed E-state index contributed by atoms with van der Waals surface area (Å²) in [5, 5.41) is 13.8. The highest BCUT2D eigenvalue weighted by atomic mass is 32.2. The molecule has 0 saturated heterocycles. The van der Waals surface area contributed by atoms with Gasteiger partial charge in [-0.15, -0.1) is 10.2 Å². The molecule has 1 aliphatic carbocycles. The first-order valence-corrected chi connectivity index (χ1v) is 12.8. The van der Waals surface area contributed by atoms with Crippen LogP contribution in [-0.2, 0) is 4.79 Å². The minimum Gasteiger partial charge on any atom is -0.493 e. The fourth-order valence-corrected chi connectivity index (χ4v) is 5.02. The number of rotatable bonds is 9. The molecule has 0 bridgehead atoms. The zero-order valence-electron chi connectivity index (χ0n) is 20.4. The predicted molar refractivity (Wildman–Crippen MR) is 138 cm³/mol. The van der Waals surface area contributed by atoms with Crippen LogP contribution in [0.1, 0.15) is 49.3 Å². The number of amides is 1. The van der Waals surface area contributed by atoms with Gasteiger partial charge in [-0.05, 0) is 43.5 Å². The maximum Gasteiger partial charge on any atom is 0.250 e. The summed E-state index contributed by atoms with van der Waals surface area (Å²) in [5.41, 5.74) is 5.63. The Bertz CT molecular complexity index is 1170. The molecule has 35 heavy (non-hydrogen) atoms. The van der Waals surface area contributed by atoms with Crippen LogP contribution >= 0.6 is 11.8 Å². The van der Waals surface area contributed by atoms with Gasteiger partial charge in [0.1, 0.15) is 0 Å². The third-order valence-corrected chi connectivity index (χ3v) is 7.00. The quantitative estimate of drug-likeness (QED) is 0.256. The Kier molecular flexibility index (Phi) is 8.41. The van der Waals surface area contributed by atoms with E-state index in [-0.39, 0.29) is 11.7 Å². The molecular weight excluding hydrogens is 462 g/mol. The van der Waals surface area contributed by atoms with Crippen LogP contribution in [0.5, 0.6) is 11.5 Å². The van der Waals surface area contributed by atoms with Crippen molar-refractivity contribution in [2.24, 2.45) is 5.10 Å². The maximum atomic E-state index is 12.5. The van der Waals surface area contributed by atoms with Gasteiger partial charge in [-0.3, -0.25) is 9.36 Å². The monoisotopic (exact) mass is 493 g/mol. The molecule has 0 spiro atoms. The first kappa shape index (κ1) is 24.8. The van der Waals surface area contributed by atoms with Crippen LogP contribution in [0.25, 0.3) is 11.4 Å². The van der Waals surface area contributed by atoms with Gasteiger partial charge in [0.05, 0.1) is 26.2 Å².